The van der Waals surface area contributed by atoms with E-state index in [1.54, 1.807) is 22.8 Å². The Balaban J connectivity index is 0.00000180. The molecule has 0 aliphatic carbocycles. The lowest BCUT2D eigenvalue weighted by atomic mass is 10.1. The summed E-state index contributed by atoms with van der Waals surface area (Å²) in [5.41, 5.74) is 1.96. The first-order valence-corrected chi connectivity index (χ1v) is 13.5. The molecular formula is C26H33Cl2N5O2S. The molecular weight excluding hydrogens is 517 g/mol. The lowest BCUT2D eigenvalue weighted by molar-refractivity contribution is 0.204. The van der Waals surface area contributed by atoms with Crippen LogP contribution in [0.15, 0.2) is 65.8 Å². The van der Waals surface area contributed by atoms with Crippen LogP contribution in [0.1, 0.15) is 24.8 Å². The minimum absolute atomic E-state index is 0. The molecule has 0 N–H and O–H groups in total. The van der Waals surface area contributed by atoms with E-state index in [4.69, 9.17) is 0 Å². The number of aromatic nitrogens is 2. The van der Waals surface area contributed by atoms with Gasteiger partial charge in [0.1, 0.15) is 12.1 Å². The molecule has 0 bridgehead atoms. The number of hydrogen-bond donors (Lipinski definition) is 0. The van der Waals surface area contributed by atoms with Gasteiger partial charge in [0.15, 0.2) is 0 Å². The highest BCUT2D eigenvalue weighted by molar-refractivity contribution is 7.89. The van der Waals surface area contributed by atoms with Crippen LogP contribution in [0.25, 0.3) is 17.0 Å². The van der Waals surface area contributed by atoms with Crippen molar-refractivity contribution in [1.82, 2.24) is 19.2 Å². The molecule has 0 unspecified atom stereocenters. The monoisotopic (exact) mass is 549 g/mol. The summed E-state index contributed by atoms with van der Waals surface area (Å²) in [5, 5.41) is 0.815. The molecule has 10 heteroatoms. The molecule has 2 saturated heterocycles. The van der Waals surface area contributed by atoms with Crippen LogP contribution in [0.2, 0.25) is 0 Å². The maximum atomic E-state index is 13.5. The van der Waals surface area contributed by atoms with E-state index in [1.807, 2.05) is 24.3 Å². The molecule has 0 radical (unpaired) electrons. The summed E-state index contributed by atoms with van der Waals surface area (Å²) in [6.45, 7) is 5.12. The van der Waals surface area contributed by atoms with Gasteiger partial charge in [0, 0.05) is 51.2 Å². The van der Waals surface area contributed by atoms with Crippen molar-refractivity contribution in [2.45, 2.75) is 24.2 Å². The molecule has 2 fully saturated rings. The number of piperidine rings is 1. The van der Waals surface area contributed by atoms with Gasteiger partial charge in [0.25, 0.3) is 0 Å². The first kappa shape index (κ1) is 28.3. The van der Waals surface area contributed by atoms with Crippen molar-refractivity contribution in [3.63, 3.8) is 0 Å². The summed E-state index contributed by atoms with van der Waals surface area (Å²) in [5.74, 6) is 0.844. The number of rotatable bonds is 6. The minimum atomic E-state index is -3.57. The maximum Gasteiger partial charge on any atom is 0.243 e. The molecule has 3 heterocycles. The molecule has 5 rings (SSSR count). The van der Waals surface area contributed by atoms with Crippen LogP contribution >= 0.6 is 24.8 Å². The number of sulfonamides is 1. The van der Waals surface area contributed by atoms with E-state index >= 15 is 0 Å². The third kappa shape index (κ3) is 6.36. The lowest BCUT2D eigenvalue weighted by Gasteiger charge is -2.33. The summed E-state index contributed by atoms with van der Waals surface area (Å²) in [4.78, 5) is 13.8. The van der Waals surface area contributed by atoms with E-state index < -0.39 is 10.0 Å². The second-order valence-electron chi connectivity index (χ2n) is 8.94. The molecule has 0 amide bonds. The Labute approximate surface area is 226 Å². The van der Waals surface area contributed by atoms with Gasteiger partial charge in [-0.1, -0.05) is 42.5 Å². The van der Waals surface area contributed by atoms with Crippen molar-refractivity contribution in [2.75, 3.05) is 50.7 Å². The average molecular weight is 551 g/mol. The molecule has 0 saturated carbocycles. The Morgan fingerprint density at radius 2 is 1.56 bits per heavy atom. The molecule has 194 valence electrons. The van der Waals surface area contributed by atoms with Crippen LogP contribution in [0.5, 0.6) is 0 Å². The van der Waals surface area contributed by atoms with E-state index in [0.29, 0.717) is 31.1 Å². The fraction of sp³-hybridized carbons (Fsp3) is 0.385. The van der Waals surface area contributed by atoms with Crippen molar-refractivity contribution in [3.8, 4) is 0 Å². The first-order chi connectivity index (χ1) is 16.6. The molecule has 2 aliphatic rings. The molecule has 2 aliphatic heterocycles. The number of hydrogen-bond acceptors (Lipinski definition) is 6. The summed E-state index contributed by atoms with van der Waals surface area (Å²) in [6.07, 6.45) is 9.33. The second kappa shape index (κ2) is 12.8. The maximum absolute atomic E-state index is 13.5. The second-order valence-corrected chi connectivity index (χ2v) is 10.9. The molecule has 0 spiro atoms. The van der Waals surface area contributed by atoms with Crippen LogP contribution in [0.3, 0.4) is 0 Å². The summed E-state index contributed by atoms with van der Waals surface area (Å²) in [7, 11) is -3.57. The largest absolute Gasteiger partial charge is 0.356 e. The fourth-order valence-electron chi connectivity index (χ4n) is 4.74. The third-order valence-corrected chi connectivity index (χ3v) is 8.58. The fourth-order valence-corrected chi connectivity index (χ4v) is 6.19. The smallest absolute Gasteiger partial charge is 0.243 e. The quantitative estimate of drug-likeness (QED) is 0.451. The zero-order valence-corrected chi connectivity index (χ0v) is 22.6. The predicted octanol–water partition coefficient (Wildman–Crippen LogP) is 4.48. The molecule has 1 aromatic heterocycles. The highest BCUT2D eigenvalue weighted by Gasteiger charge is 2.29. The Morgan fingerprint density at radius 3 is 2.28 bits per heavy atom. The van der Waals surface area contributed by atoms with Crippen molar-refractivity contribution in [2.24, 2.45) is 0 Å². The van der Waals surface area contributed by atoms with Crippen molar-refractivity contribution < 1.29 is 8.42 Å². The van der Waals surface area contributed by atoms with E-state index in [9.17, 15) is 8.42 Å². The van der Waals surface area contributed by atoms with Crippen LogP contribution < -0.4 is 4.90 Å². The Hall–Kier alpha value is -2.23. The summed E-state index contributed by atoms with van der Waals surface area (Å²) < 4.78 is 28.5. The standard InChI is InChI=1S/C26H31N5O2S.2ClH/c32-34(33,31-18-16-29(17-19-31)13-7-10-22-8-3-1-4-9-22)23-11-12-25-24(20-23)26(28-21-27-25)30-14-5-2-6-15-30;;/h1,3-4,7-12,20-21H,2,5-6,13-19H2;2*1H. The van der Waals surface area contributed by atoms with Gasteiger partial charge in [0.05, 0.1) is 10.4 Å². The van der Waals surface area contributed by atoms with Crippen molar-refractivity contribution in [1.29, 1.82) is 0 Å². The van der Waals surface area contributed by atoms with Gasteiger partial charge in [-0.3, -0.25) is 4.90 Å². The molecule has 0 atom stereocenters. The predicted molar refractivity (Wildman–Crippen MR) is 151 cm³/mol. The Bertz CT molecular complexity index is 1260. The van der Waals surface area contributed by atoms with Crippen molar-refractivity contribution >= 4 is 57.6 Å². The third-order valence-electron chi connectivity index (χ3n) is 6.68. The number of benzene rings is 2. The molecule has 7 nitrogen and oxygen atoms in total. The van der Waals surface area contributed by atoms with Crippen LogP contribution in [0.4, 0.5) is 5.82 Å². The SMILES string of the molecule is Cl.Cl.O=S(=O)(c1ccc2ncnc(N3CCCCC3)c2c1)N1CCN(CC=Cc2ccccc2)CC1. The van der Waals surface area contributed by atoms with Crippen LogP contribution in [-0.4, -0.2) is 73.4 Å². The molecule has 3 aromatic rings. The number of piperazine rings is 1. The van der Waals surface area contributed by atoms with E-state index in [0.717, 1.165) is 49.2 Å². The van der Waals surface area contributed by atoms with Gasteiger partial charge in [-0.2, -0.15) is 4.31 Å². The molecule has 36 heavy (non-hydrogen) atoms. The number of halogens is 2. The number of nitrogens with zero attached hydrogens (tertiary/aromatic N) is 5. The summed E-state index contributed by atoms with van der Waals surface area (Å²) in [6, 6.07) is 15.5. The minimum Gasteiger partial charge on any atom is -0.356 e. The molecule has 2 aromatic carbocycles. The highest BCUT2D eigenvalue weighted by atomic mass is 35.5. The Kier molecular flexibility index (Phi) is 10.1. The van der Waals surface area contributed by atoms with Gasteiger partial charge >= 0.3 is 0 Å². The summed E-state index contributed by atoms with van der Waals surface area (Å²) >= 11 is 0. The average Bonchev–Trinajstić information content (AvgIpc) is 2.89. The van der Waals surface area contributed by atoms with Crippen LogP contribution in [-0.2, 0) is 10.0 Å². The van der Waals surface area contributed by atoms with Gasteiger partial charge in [-0.05, 0) is 43.0 Å². The zero-order chi connectivity index (χ0) is 23.4. The van der Waals surface area contributed by atoms with E-state index in [-0.39, 0.29) is 24.8 Å². The normalized spacial score (nSPS) is 17.6. The van der Waals surface area contributed by atoms with E-state index in [1.165, 1.54) is 12.0 Å². The van der Waals surface area contributed by atoms with Gasteiger partial charge in [-0.15, -0.1) is 24.8 Å². The van der Waals surface area contributed by atoms with Gasteiger partial charge < -0.3 is 4.90 Å². The van der Waals surface area contributed by atoms with Crippen LogP contribution in [0, 0.1) is 0 Å². The Morgan fingerprint density at radius 1 is 0.833 bits per heavy atom. The van der Waals surface area contributed by atoms with Crippen molar-refractivity contribution in [3.05, 3.63) is 66.5 Å². The lowest BCUT2D eigenvalue weighted by Crippen LogP contribution is -2.48. The number of anilines is 1. The number of fused-ring (bicyclic) bond motifs is 1. The van der Waals surface area contributed by atoms with Gasteiger partial charge in [-0.25, -0.2) is 18.4 Å². The first-order valence-electron chi connectivity index (χ1n) is 12.0. The van der Waals surface area contributed by atoms with Gasteiger partial charge in [0.2, 0.25) is 10.0 Å². The zero-order valence-electron chi connectivity index (χ0n) is 20.2. The van der Waals surface area contributed by atoms with E-state index in [2.05, 4.69) is 44.1 Å². The topological polar surface area (TPSA) is 69.6 Å². The highest BCUT2D eigenvalue weighted by Crippen LogP contribution is 2.29.